The lowest BCUT2D eigenvalue weighted by Crippen LogP contribution is -2.28. The zero-order valence-electron chi connectivity index (χ0n) is 15.8. The second-order valence-corrected chi connectivity index (χ2v) is 7.15. The summed E-state index contributed by atoms with van der Waals surface area (Å²) >= 11 is 0. The molecule has 1 unspecified atom stereocenters. The summed E-state index contributed by atoms with van der Waals surface area (Å²) in [6.07, 6.45) is 5.55. The quantitative estimate of drug-likeness (QED) is 0.854. The Morgan fingerprint density at radius 2 is 2.00 bits per heavy atom. The summed E-state index contributed by atoms with van der Waals surface area (Å²) in [6, 6.07) is 7.57. The van der Waals surface area contributed by atoms with E-state index in [9.17, 15) is 9.59 Å². The van der Waals surface area contributed by atoms with Gasteiger partial charge >= 0.3 is 0 Å². The van der Waals surface area contributed by atoms with Gasteiger partial charge in [-0.05, 0) is 37.1 Å². The van der Waals surface area contributed by atoms with Gasteiger partial charge in [0, 0.05) is 38.1 Å². The molecule has 1 aromatic heterocycles. The molecule has 1 N–H and O–H groups in total. The molecule has 2 saturated heterocycles. The Kier molecular flexibility index (Phi) is 5.29. The van der Waals surface area contributed by atoms with Crippen LogP contribution in [0.1, 0.15) is 25.3 Å². The van der Waals surface area contributed by atoms with Crippen LogP contribution in [0.25, 0.3) is 0 Å². The van der Waals surface area contributed by atoms with E-state index in [0.717, 1.165) is 37.5 Å². The number of methoxy groups -OCH3 is 1. The normalized spacial score (nSPS) is 20.4. The molecule has 2 aromatic rings. The zero-order chi connectivity index (χ0) is 19.5. The average Bonchev–Trinajstić information content (AvgIpc) is 3.35. The van der Waals surface area contributed by atoms with E-state index < -0.39 is 0 Å². The molecule has 1 aromatic carbocycles. The summed E-state index contributed by atoms with van der Waals surface area (Å²) in [6.45, 7) is 1.83. The van der Waals surface area contributed by atoms with Crippen LogP contribution in [0.15, 0.2) is 36.7 Å². The molecular weight excluding hydrogens is 360 g/mol. The highest BCUT2D eigenvalue weighted by molar-refractivity contribution is 6.03. The molecular formula is C20H24N4O4. The first kappa shape index (κ1) is 18.5. The third-order valence-electron chi connectivity index (χ3n) is 5.31. The van der Waals surface area contributed by atoms with Crippen molar-refractivity contribution < 1.29 is 19.1 Å². The number of hydrogen-bond acceptors (Lipinski definition) is 5. The first-order chi connectivity index (χ1) is 13.6. The van der Waals surface area contributed by atoms with Crippen molar-refractivity contribution in [2.24, 2.45) is 5.92 Å². The number of nitrogens with one attached hydrogen (secondary N) is 1. The van der Waals surface area contributed by atoms with Gasteiger partial charge in [-0.25, -0.2) is 0 Å². The van der Waals surface area contributed by atoms with Gasteiger partial charge in [-0.15, -0.1) is 0 Å². The fourth-order valence-corrected chi connectivity index (χ4v) is 3.69. The highest BCUT2D eigenvalue weighted by Crippen LogP contribution is 2.28. The van der Waals surface area contributed by atoms with Gasteiger partial charge in [0.05, 0.1) is 31.0 Å². The molecule has 148 valence electrons. The lowest BCUT2D eigenvalue weighted by molar-refractivity contribution is -0.122. The SMILES string of the molecule is COc1ccc(N2CC(C(=O)Nc3cnn(C4CCOCC4)c3)CC2=O)cc1. The summed E-state index contributed by atoms with van der Waals surface area (Å²) < 4.78 is 12.4. The smallest absolute Gasteiger partial charge is 0.229 e. The van der Waals surface area contributed by atoms with Crippen LogP contribution in [-0.2, 0) is 14.3 Å². The number of aromatic nitrogens is 2. The Morgan fingerprint density at radius 3 is 2.71 bits per heavy atom. The standard InChI is InChI=1S/C20H24N4O4/c1-27-18-4-2-16(3-5-18)23-12-14(10-19(23)25)20(26)22-15-11-21-24(13-15)17-6-8-28-9-7-17/h2-5,11,13-14,17H,6-10,12H2,1H3,(H,22,26). The monoisotopic (exact) mass is 384 g/mol. The fraction of sp³-hybridized carbons (Fsp3) is 0.450. The lowest BCUT2D eigenvalue weighted by atomic mass is 10.1. The van der Waals surface area contributed by atoms with Crippen molar-refractivity contribution in [2.45, 2.75) is 25.3 Å². The highest BCUT2D eigenvalue weighted by atomic mass is 16.5. The molecule has 0 radical (unpaired) electrons. The second kappa shape index (κ2) is 8.02. The molecule has 4 rings (SSSR count). The van der Waals surface area contributed by atoms with Crippen molar-refractivity contribution in [2.75, 3.05) is 37.1 Å². The Balaban J connectivity index is 1.37. The van der Waals surface area contributed by atoms with Crippen LogP contribution >= 0.6 is 0 Å². The summed E-state index contributed by atoms with van der Waals surface area (Å²) in [5.41, 5.74) is 1.43. The number of hydrogen-bond donors (Lipinski definition) is 1. The van der Waals surface area contributed by atoms with E-state index in [1.54, 1.807) is 30.3 Å². The van der Waals surface area contributed by atoms with Crippen molar-refractivity contribution in [3.05, 3.63) is 36.7 Å². The molecule has 2 aliphatic rings. The molecule has 1 atom stereocenters. The van der Waals surface area contributed by atoms with E-state index >= 15 is 0 Å². The van der Waals surface area contributed by atoms with Crippen molar-refractivity contribution in [3.63, 3.8) is 0 Å². The molecule has 0 bridgehead atoms. The van der Waals surface area contributed by atoms with Crippen molar-refractivity contribution >= 4 is 23.2 Å². The van der Waals surface area contributed by atoms with E-state index in [4.69, 9.17) is 9.47 Å². The highest BCUT2D eigenvalue weighted by Gasteiger charge is 2.35. The maximum Gasteiger partial charge on any atom is 0.229 e. The van der Waals surface area contributed by atoms with Gasteiger partial charge in [-0.2, -0.15) is 5.10 Å². The van der Waals surface area contributed by atoms with E-state index in [1.807, 2.05) is 23.0 Å². The number of carbonyl (C=O) groups is 2. The zero-order valence-corrected chi connectivity index (χ0v) is 15.8. The predicted octanol–water partition coefficient (Wildman–Crippen LogP) is 2.23. The maximum atomic E-state index is 12.7. The van der Waals surface area contributed by atoms with Gasteiger partial charge < -0.3 is 19.7 Å². The summed E-state index contributed by atoms with van der Waals surface area (Å²) in [5, 5.41) is 7.27. The number of rotatable bonds is 5. The first-order valence-corrected chi connectivity index (χ1v) is 9.51. The summed E-state index contributed by atoms with van der Waals surface area (Å²) in [7, 11) is 1.60. The summed E-state index contributed by atoms with van der Waals surface area (Å²) in [5.74, 6) is 0.131. The van der Waals surface area contributed by atoms with Crippen LogP contribution < -0.4 is 15.0 Å². The first-order valence-electron chi connectivity index (χ1n) is 9.51. The number of anilines is 2. The van der Waals surface area contributed by atoms with Crippen molar-refractivity contribution in [1.82, 2.24) is 9.78 Å². The molecule has 2 amide bonds. The van der Waals surface area contributed by atoms with Gasteiger partial charge in [-0.1, -0.05) is 0 Å². The van der Waals surface area contributed by atoms with E-state index in [-0.39, 0.29) is 24.2 Å². The Morgan fingerprint density at radius 1 is 1.25 bits per heavy atom. The molecule has 0 aliphatic carbocycles. The molecule has 2 aliphatic heterocycles. The third kappa shape index (κ3) is 3.87. The van der Waals surface area contributed by atoms with Crippen LogP contribution in [0.3, 0.4) is 0 Å². The predicted molar refractivity (Wildman–Crippen MR) is 103 cm³/mol. The van der Waals surface area contributed by atoms with Crippen LogP contribution in [0.5, 0.6) is 5.75 Å². The average molecular weight is 384 g/mol. The van der Waals surface area contributed by atoms with Gasteiger partial charge in [0.2, 0.25) is 11.8 Å². The van der Waals surface area contributed by atoms with Crippen LogP contribution in [0.4, 0.5) is 11.4 Å². The Labute approximate surface area is 163 Å². The Bertz CT molecular complexity index is 842. The minimum Gasteiger partial charge on any atom is -0.497 e. The molecule has 8 heteroatoms. The molecule has 28 heavy (non-hydrogen) atoms. The number of benzene rings is 1. The number of carbonyl (C=O) groups excluding carboxylic acids is 2. The van der Waals surface area contributed by atoms with Crippen molar-refractivity contribution in [3.8, 4) is 5.75 Å². The molecule has 0 spiro atoms. The topological polar surface area (TPSA) is 85.7 Å². The number of ether oxygens (including phenoxy) is 2. The van der Waals surface area contributed by atoms with Gasteiger partial charge in [-0.3, -0.25) is 14.3 Å². The lowest BCUT2D eigenvalue weighted by Gasteiger charge is -2.22. The summed E-state index contributed by atoms with van der Waals surface area (Å²) in [4.78, 5) is 26.7. The molecule has 3 heterocycles. The van der Waals surface area contributed by atoms with Crippen LogP contribution in [0.2, 0.25) is 0 Å². The van der Waals surface area contributed by atoms with E-state index in [0.29, 0.717) is 18.3 Å². The van der Waals surface area contributed by atoms with Crippen molar-refractivity contribution in [1.29, 1.82) is 0 Å². The molecule has 0 saturated carbocycles. The number of nitrogens with zero attached hydrogens (tertiary/aromatic N) is 3. The minimum atomic E-state index is -0.388. The van der Waals surface area contributed by atoms with Gasteiger partial charge in [0.15, 0.2) is 0 Å². The second-order valence-electron chi connectivity index (χ2n) is 7.15. The minimum absolute atomic E-state index is 0.0526. The van der Waals surface area contributed by atoms with Crippen LogP contribution in [0, 0.1) is 5.92 Å². The van der Waals surface area contributed by atoms with Gasteiger partial charge in [0.25, 0.3) is 0 Å². The largest absolute Gasteiger partial charge is 0.497 e. The van der Waals surface area contributed by atoms with E-state index in [1.165, 1.54) is 0 Å². The van der Waals surface area contributed by atoms with E-state index in [2.05, 4.69) is 10.4 Å². The molecule has 8 nitrogen and oxygen atoms in total. The molecule has 2 fully saturated rings. The fourth-order valence-electron chi connectivity index (χ4n) is 3.69. The van der Waals surface area contributed by atoms with Crippen LogP contribution in [-0.4, -0.2) is 48.5 Å². The third-order valence-corrected chi connectivity index (χ3v) is 5.31. The maximum absolute atomic E-state index is 12.7. The number of amides is 2. The Hall–Kier alpha value is -2.87. The van der Waals surface area contributed by atoms with Gasteiger partial charge in [0.1, 0.15) is 5.75 Å².